The van der Waals surface area contributed by atoms with Crippen LogP contribution in [0.1, 0.15) is 16.7 Å². The number of fused-ring (bicyclic) bond motifs is 6. The van der Waals surface area contributed by atoms with Crippen molar-refractivity contribution >= 4 is 28.8 Å². The first-order valence-corrected chi connectivity index (χ1v) is 9.45. The molecule has 7 heteroatoms. The predicted molar refractivity (Wildman–Crippen MR) is 106 cm³/mol. The van der Waals surface area contributed by atoms with E-state index in [0.29, 0.717) is 17.0 Å². The number of hydrogen-bond acceptors (Lipinski definition) is 5. The first-order chi connectivity index (χ1) is 13.9. The summed E-state index contributed by atoms with van der Waals surface area (Å²) in [4.78, 5) is 30.6. The molecule has 0 fully saturated rings. The minimum Gasteiger partial charge on any atom is -0.508 e. The quantitative estimate of drug-likeness (QED) is 0.636. The van der Waals surface area contributed by atoms with Gasteiger partial charge in [-0.25, -0.2) is 4.99 Å². The van der Waals surface area contributed by atoms with Crippen LogP contribution in [0.25, 0.3) is 5.57 Å². The Kier molecular flexibility index (Phi) is 3.82. The van der Waals surface area contributed by atoms with Crippen LogP contribution in [0.5, 0.6) is 11.5 Å². The van der Waals surface area contributed by atoms with Gasteiger partial charge in [0.15, 0.2) is 5.75 Å². The Bertz CT molecular complexity index is 1150. The molecule has 0 aromatic heterocycles. The molecular weight excluding hydrogens is 370 g/mol. The molecule has 0 saturated heterocycles. The number of ether oxygens (including phenoxy) is 1. The van der Waals surface area contributed by atoms with E-state index in [-0.39, 0.29) is 16.9 Å². The Morgan fingerprint density at radius 3 is 2.76 bits per heavy atom. The van der Waals surface area contributed by atoms with E-state index in [1.165, 1.54) is 6.07 Å². The SMILES string of the molecule is CN(C)CCc1cccc2c1OC1C(=[NH+]2)c2ccc(O)cc2C2=C1C(=O)NC2=O. The van der Waals surface area contributed by atoms with Crippen molar-refractivity contribution < 1.29 is 24.4 Å². The molecule has 3 N–H and O–H groups in total. The molecule has 7 nitrogen and oxygen atoms in total. The molecule has 0 bridgehead atoms. The Hall–Kier alpha value is -3.45. The second kappa shape index (κ2) is 6.28. The molecule has 2 aromatic rings. The summed E-state index contributed by atoms with van der Waals surface area (Å²) in [5.74, 6) is -0.196. The monoisotopic (exact) mass is 390 g/mol. The van der Waals surface area contributed by atoms with Gasteiger partial charge >= 0.3 is 0 Å². The van der Waals surface area contributed by atoms with Crippen LogP contribution < -0.4 is 15.0 Å². The fourth-order valence-corrected chi connectivity index (χ4v) is 4.12. The molecule has 1 atom stereocenters. The summed E-state index contributed by atoms with van der Waals surface area (Å²) < 4.78 is 6.37. The summed E-state index contributed by atoms with van der Waals surface area (Å²) in [5, 5.41) is 12.3. The number of rotatable bonds is 3. The van der Waals surface area contributed by atoms with Gasteiger partial charge in [-0.1, -0.05) is 12.1 Å². The molecule has 0 spiro atoms. The van der Waals surface area contributed by atoms with Crippen LogP contribution in [-0.2, 0) is 16.0 Å². The van der Waals surface area contributed by atoms with E-state index >= 15 is 0 Å². The van der Waals surface area contributed by atoms with E-state index in [0.717, 1.165) is 29.8 Å². The lowest BCUT2D eigenvalue weighted by Gasteiger charge is -2.28. The van der Waals surface area contributed by atoms with Crippen molar-refractivity contribution in [3.8, 4) is 11.5 Å². The number of carbonyl (C=O) groups is 2. The van der Waals surface area contributed by atoms with E-state index in [9.17, 15) is 14.7 Å². The number of para-hydroxylation sites is 1. The van der Waals surface area contributed by atoms with Crippen molar-refractivity contribution in [1.82, 2.24) is 10.2 Å². The number of amides is 2. The Labute approximate surface area is 167 Å². The van der Waals surface area contributed by atoms with Crippen LogP contribution in [-0.4, -0.2) is 54.3 Å². The molecule has 3 aliphatic rings. The predicted octanol–water partition coefficient (Wildman–Crippen LogP) is -0.118. The third kappa shape index (κ3) is 2.66. The third-order valence-corrected chi connectivity index (χ3v) is 5.49. The normalized spacial score (nSPS) is 19.1. The van der Waals surface area contributed by atoms with Gasteiger partial charge < -0.3 is 14.7 Å². The van der Waals surface area contributed by atoms with Gasteiger partial charge in [-0.15, -0.1) is 0 Å². The minimum absolute atomic E-state index is 0.0323. The van der Waals surface area contributed by atoms with Crippen LogP contribution in [0.4, 0.5) is 5.69 Å². The van der Waals surface area contributed by atoms with Gasteiger partial charge in [0.25, 0.3) is 11.8 Å². The number of imide groups is 1. The molecule has 146 valence electrons. The number of phenolic OH excluding ortho intramolecular Hbond substituents is 1. The molecule has 0 radical (unpaired) electrons. The zero-order chi connectivity index (χ0) is 20.3. The highest BCUT2D eigenvalue weighted by Gasteiger charge is 2.49. The van der Waals surface area contributed by atoms with E-state index in [1.54, 1.807) is 12.1 Å². The zero-order valence-corrected chi connectivity index (χ0v) is 16.1. The van der Waals surface area contributed by atoms with Gasteiger partial charge in [-0.2, -0.15) is 0 Å². The molecular formula is C22H20N3O4+. The van der Waals surface area contributed by atoms with Crippen molar-refractivity contribution in [3.05, 3.63) is 58.7 Å². The number of nitrogens with one attached hydrogen (secondary N) is 2. The fraction of sp³-hybridized carbons (Fsp3) is 0.227. The van der Waals surface area contributed by atoms with Gasteiger partial charge in [-0.05, 0) is 38.7 Å². The summed E-state index contributed by atoms with van der Waals surface area (Å²) in [5.41, 5.74) is 4.36. The molecule has 2 aliphatic heterocycles. The fourth-order valence-electron chi connectivity index (χ4n) is 4.12. The number of phenols is 1. The summed E-state index contributed by atoms with van der Waals surface area (Å²) in [6.45, 7) is 0.857. The van der Waals surface area contributed by atoms with Crippen LogP contribution in [0.2, 0.25) is 0 Å². The zero-order valence-electron chi connectivity index (χ0n) is 16.1. The number of aromatic hydroxyl groups is 1. The van der Waals surface area contributed by atoms with Crippen molar-refractivity contribution in [2.45, 2.75) is 12.5 Å². The lowest BCUT2D eigenvalue weighted by molar-refractivity contribution is -0.363. The number of likely N-dealkylation sites (N-methyl/N-ethyl adjacent to an activating group) is 1. The molecule has 2 amide bonds. The van der Waals surface area contributed by atoms with Crippen molar-refractivity contribution in [2.75, 3.05) is 20.6 Å². The van der Waals surface area contributed by atoms with E-state index < -0.39 is 17.9 Å². The number of hydrogen-bond donors (Lipinski definition) is 3. The Balaban J connectivity index is 1.71. The third-order valence-electron chi connectivity index (χ3n) is 5.49. The van der Waals surface area contributed by atoms with Crippen LogP contribution in [0.15, 0.2) is 42.0 Å². The van der Waals surface area contributed by atoms with Crippen molar-refractivity contribution in [2.24, 2.45) is 0 Å². The lowest BCUT2D eigenvalue weighted by atomic mass is 9.82. The lowest BCUT2D eigenvalue weighted by Crippen LogP contribution is -2.73. The van der Waals surface area contributed by atoms with Crippen LogP contribution in [0, 0.1) is 0 Å². The second-order valence-corrected chi connectivity index (χ2v) is 7.69. The standard InChI is InChI=1S/C22H19N3O4/c1-25(2)9-8-11-4-3-5-15-19(11)29-20-17-16(21(27)24-22(17)28)14-10-12(26)6-7-13(14)18(20)23-15/h3-7,10,20,26H,8-9H2,1-2H3,(H,24,27,28)/p+1. The molecule has 0 saturated carbocycles. The maximum atomic E-state index is 12.6. The van der Waals surface area contributed by atoms with Crippen molar-refractivity contribution in [3.63, 3.8) is 0 Å². The van der Waals surface area contributed by atoms with E-state index in [2.05, 4.69) is 15.2 Å². The van der Waals surface area contributed by atoms with E-state index in [1.807, 2.05) is 32.3 Å². The van der Waals surface area contributed by atoms with Gasteiger partial charge in [0.1, 0.15) is 5.75 Å². The van der Waals surface area contributed by atoms with Crippen LogP contribution >= 0.6 is 0 Å². The highest BCUT2D eigenvalue weighted by molar-refractivity contribution is 6.40. The molecule has 1 aliphatic carbocycles. The average Bonchev–Trinajstić information content (AvgIpc) is 2.99. The molecule has 2 heterocycles. The van der Waals surface area contributed by atoms with Gasteiger partial charge in [0.05, 0.1) is 16.7 Å². The number of nitrogens with zero attached hydrogens (tertiary/aromatic N) is 1. The first-order valence-electron chi connectivity index (χ1n) is 9.45. The summed E-state index contributed by atoms with van der Waals surface area (Å²) in [7, 11) is 4.03. The van der Waals surface area contributed by atoms with Crippen LogP contribution in [0.3, 0.4) is 0 Å². The van der Waals surface area contributed by atoms with Gasteiger partial charge in [0.2, 0.25) is 17.5 Å². The van der Waals surface area contributed by atoms with E-state index in [4.69, 9.17) is 4.74 Å². The maximum absolute atomic E-state index is 12.6. The molecule has 1 unspecified atom stereocenters. The number of carbonyl (C=O) groups excluding carboxylic acids is 2. The highest BCUT2D eigenvalue weighted by atomic mass is 16.5. The second-order valence-electron chi connectivity index (χ2n) is 7.69. The smallest absolute Gasteiger partial charge is 0.259 e. The van der Waals surface area contributed by atoms with Crippen molar-refractivity contribution in [1.29, 1.82) is 0 Å². The number of benzene rings is 2. The van der Waals surface area contributed by atoms with Gasteiger partial charge in [-0.3, -0.25) is 14.9 Å². The first kappa shape index (κ1) is 17.6. The summed E-state index contributed by atoms with van der Waals surface area (Å²) in [6, 6.07) is 10.7. The largest absolute Gasteiger partial charge is 0.508 e. The Morgan fingerprint density at radius 2 is 1.97 bits per heavy atom. The topological polar surface area (TPSA) is 92.8 Å². The highest BCUT2D eigenvalue weighted by Crippen LogP contribution is 2.40. The molecule has 2 aromatic carbocycles. The van der Waals surface area contributed by atoms with Gasteiger partial charge in [0, 0.05) is 23.7 Å². The minimum atomic E-state index is -0.707. The molecule has 5 rings (SSSR count). The average molecular weight is 390 g/mol. The summed E-state index contributed by atoms with van der Waals surface area (Å²) in [6.07, 6.45) is 0.0861. The summed E-state index contributed by atoms with van der Waals surface area (Å²) >= 11 is 0. The molecule has 29 heavy (non-hydrogen) atoms. The maximum Gasteiger partial charge on any atom is 0.259 e. The Morgan fingerprint density at radius 1 is 1.14 bits per heavy atom.